The molecule has 3 rings (SSSR count). The Morgan fingerprint density at radius 3 is 2.69 bits per heavy atom. The number of hydrogen-bond acceptors (Lipinski definition) is 5. The fourth-order valence-corrected chi connectivity index (χ4v) is 2.30. The minimum absolute atomic E-state index is 0.123. The largest absolute Gasteiger partial charge is 0.497 e. The summed E-state index contributed by atoms with van der Waals surface area (Å²) < 4.78 is 16.0. The molecule has 6 heteroatoms. The van der Waals surface area contributed by atoms with E-state index in [1.165, 1.54) is 11.8 Å². The quantitative estimate of drug-likeness (QED) is 0.704. The third-order valence-electron chi connectivity index (χ3n) is 3.76. The third-order valence-corrected chi connectivity index (χ3v) is 3.76. The number of benzene rings is 2. The lowest BCUT2D eigenvalue weighted by Gasteiger charge is -2.05. The van der Waals surface area contributed by atoms with Gasteiger partial charge in [0.25, 0.3) is 5.91 Å². The van der Waals surface area contributed by atoms with Gasteiger partial charge in [-0.15, -0.1) is 0 Å². The first-order valence-corrected chi connectivity index (χ1v) is 8.19. The molecule has 0 saturated heterocycles. The molecule has 0 saturated carbocycles. The second-order valence-corrected chi connectivity index (χ2v) is 5.76. The summed E-state index contributed by atoms with van der Waals surface area (Å²) in [7, 11) is 1.59. The summed E-state index contributed by atoms with van der Waals surface area (Å²) in [6, 6.07) is 15.2. The molecule has 1 aromatic heterocycles. The van der Waals surface area contributed by atoms with E-state index in [-0.39, 0.29) is 18.2 Å². The summed E-state index contributed by atoms with van der Waals surface area (Å²) in [5.41, 5.74) is 2.42. The van der Waals surface area contributed by atoms with Gasteiger partial charge in [0.2, 0.25) is 5.89 Å². The lowest BCUT2D eigenvalue weighted by molar-refractivity contribution is 0.0946. The number of amides is 1. The van der Waals surface area contributed by atoms with Crippen LogP contribution < -0.4 is 14.8 Å². The molecule has 0 aliphatic rings. The van der Waals surface area contributed by atoms with Gasteiger partial charge in [-0.05, 0) is 24.6 Å². The van der Waals surface area contributed by atoms with Crippen LogP contribution in [0.5, 0.6) is 11.5 Å². The van der Waals surface area contributed by atoms with E-state index >= 15 is 0 Å². The van der Waals surface area contributed by atoms with E-state index < -0.39 is 0 Å². The van der Waals surface area contributed by atoms with E-state index in [1.54, 1.807) is 19.2 Å². The van der Waals surface area contributed by atoms with E-state index in [0.29, 0.717) is 23.9 Å². The Morgan fingerprint density at radius 1 is 1.15 bits per heavy atom. The third kappa shape index (κ3) is 4.63. The molecule has 2 aromatic carbocycles. The van der Waals surface area contributed by atoms with Gasteiger partial charge in [0.05, 0.1) is 7.11 Å². The summed E-state index contributed by atoms with van der Waals surface area (Å²) in [5, 5.41) is 2.82. The molecular weight excluding hydrogens is 332 g/mol. The summed E-state index contributed by atoms with van der Waals surface area (Å²) in [6.07, 6.45) is 1.33. The van der Waals surface area contributed by atoms with Crippen molar-refractivity contribution in [3.63, 3.8) is 0 Å². The highest BCUT2D eigenvalue weighted by Gasteiger charge is 2.12. The number of nitrogens with zero attached hydrogens (tertiary/aromatic N) is 1. The van der Waals surface area contributed by atoms with Crippen molar-refractivity contribution < 1.29 is 18.7 Å². The smallest absolute Gasteiger partial charge is 0.273 e. The van der Waals surface area contributed by atoms with Crippen molar-refractivity contribution in [1.82, 2.24) is 10.3 Å². The summed E-state index contributed by atoms with van der Waals surface area (Å²) in [6.45, 7) is 2.58. The van der Waals surface area contributed by atoms with Crippen LogP contribution in [0.4, 0.5) is 0 Å². The number of methoxy groups -OCH3 is 1. The second-order valence-electron chi connectivity index (χ2n) is 5.76. The normalized spacial score (nSPS) is 10.4. The number of hydrogen-bond donors (Lipinski definition) is 1. The van der Waals surface area contributed by atoms with Gasteiger partial charge >= 0.3 is 0 Å². The molecular formula is C20H20N2O4. The zero-order valence-corrected chi connectivity index (χ0v) is 14.7. The molecule has 1 N–H and O–H groups in total. The Kier molecular flexibility index (Phi) is 5.53. The molecule has 1 heterocycles. The van der Waals surface area contributed by atoms with Gasteiger partial charge in [0, 0.05) is 12.6 Å². The second kappa shape index (κ2) is 8.20. The molecule has 0 aliphatic carbocycles. The van der Waals surface area contributed by atoms with Gasteiger partial charge < -0.3 is 19.2 Å². The molecule has 6 nitrogen and oxygen atoms in total. The van der Waals surface area contributed by atoms with Crippen LogP contribution in [0.1, 0.15) is 27.5 Å². The van der Waals surface area contributed by atoms with Crippen LogP contribution in [0.2, 0.25) is 0 Å². The molecule has 0 spiro atoms. The molecule has 134 valence electrons. The fraction of sp³-hybridized carbons (Fsp3) is 0.200. The minimum Gasteiger partial charge on any atom is -0.497 e. The molecule has 1 amide bonds. The molecule has 0 fully saturated rings. The van der Waals surface area contributed by atoms with E-state index in [2.05, 4.69) is 10.3 Å². The summed E-state index contributed by atoms with van der Waals surface area (Å²) in [5.74, 6) is 1.37. The Balaban J connectivity index is 1.53. The number of rotatable bonds is 7. The predicted octanol–water partition coefficient (Wildman–Crippen LogP) is 3.50. The number of aromatic nitrogens is 1. The van der Waals surface area contributed by atoms with Crippen LogP contribution in [0.25, 0.3) is 0 Å². The van der Waals surface area contributed by atoms with Crippen molar-refractivity contribution in [2.24, 2.45) is 0 Å². The lowest BCUT2D eigenvalue weighted by atomic mass is 10.1. The topological polar surface area (TPSA) is 73.6 Å². The summed E-state index contributed by atoms with van der Waals surface area (Å²) >= 11 is 0. The number of carbonyl (C=O) groups excluding carboxylic acids is 1. The Hall–Kier alpha value is -3.28. The summed E-state index contributed by atoms with van der Waals surface area (Å²) in [4.78, 5) is 16.3. The highest BCUT2D eigenvalue weighted by Crippen LogP contribution is 2.19. The average Bonchev–Trinajstić information content (AvgIpc) is 3.15. The monoisotopic (exact) mass is 352 g/mol. The Morgan fingerprint density at radius 2 is 1.92 bits per heavy atom. The molecule has 0 bridgehead atoms. The van der Waals surface area contributed by atoms with E-state index in [4.69, 9.17) is 13.9 Å². The Labute approximate surface area is 151 Å². The van der Waals surface area contributed by atoms with Crippen molar-refractivity contribution in [2.75, 3.05) is 7.11 Å². The van der Waals surface area contributed by atoms with Crippen molar-refractivity contribution >= 4 is 5.91 Å². The highest BCUT2D eigenvalue weighted by molar-refractivity contribution is 5.91. The minimum atomic E-state index is -0.290. The molecule has 0 radical (unpaired) electrons. The van der Waals surface area contributed by atoms with Crippen LogP contribution in [0.15, 0.2) is 59.2 Å². The van der Waals surface area contributed by atoms with Gasteiger partial charge in [-0.3, -0.25) is 4.79 Å². The van der Waals surface area contributed by atoms with E-state index in [0.717, 1.165) is 5.56 Å². The zero-order valence-electron chi connectivity index (χ0n) is 14.7. The number of ether oxygens (including phenoxy) is 2. The first-order valence-electron chi connectivity index (χ1n) is 8.19. The number of nitrogens with one attached hydrogen (secondary N) is 1. The maximum Gasteiger partial charge on any atom is 0.273 e. The number of aryl methyl sites for hydroxylation is 1. The van der Waals surface area contributed by atoms with Gasteiger partial charge in [0.15, 0.2) is 12.3 Å². The SMILES string of the molecule is COc1cccc(OCc2nc(C(=O)NCc3ccc(C)cc3)co2)c1. The van der Waals surface area contributed by atoms with Gasteiger partial charge in [-0.1, -0.05) is 35.9 Å². The number of oxazole rings is 1. The highest BCUT2D eigenvalue weighted by atomic mass is 16.5. The van der Waals surface area contributed by atoms with Crippen molar-refractivity contribution in [3.05, 3.63) is 77.5 Å². The molecule has 26 heavy (non-hydrogen) atoms. The first-order chi connectivity index (χ1) is 12.6. The van der Waals surface area contributed by atoms with Crippen molar-refractivity contribution in [2.45, 2.75) is 20.1 Å². The Bertz CT molecular complexity index is 872. The van der Waals surface area contributed by atoms with Crippen LogP contribution in [-0.2, 0) is 13.2 Å². The standard InChI is InChI=1S/C20H20N2O4/c1-14-6-8-15(9-7-14)11-21-20(23)18-12-26-19(22-18)13-25-17-5-3-4-16(10-17)24-2/h3-10,12H,11,13H2,1-2H3,(H,21,23). The van der Waals surface area contributed by atoms with Crippen LogP contribution >= 0.6 is 0 Å². The maximum absolute atomic E-state index is 12.2. The molecule has 0 aliphatic heterocycles. The van der Waals surface area contributed by atoms with E-state index in [1.807, 2.05) is 43.3 Å². The fourth-order valence-electron chi connectivity index (χ4n) is 2.30. The predicted molar refractivity (Wildman–Crippen MR) is 96.2 cm³/mol. The lowest BCUT2D eigenvalue weighted by Crippen LogP contribution is -2.23. The molecule has 0 atom stereocenters. The van der Waals surface area contributed by atoms with Gasteiger partial charge in [-0.25, -0.2) is 4.98 Å². The van der Waals surface area contributed by atoms with Crippen molar-refractivity contribution in [3.8, 4) is 11.5 Å². The number of carbonyl (C=O) groups is 1. The van der Waals surface area contributed by atoms with E-state index in [9.17, 15) is 4.79 Å². The van der Waals surface area contributed by atoms with Gasteiger partial charge in [-0.2, -0.15) is 0 Å². The van der Waals surface area contributed by atoms with Crippen molar-refractivity contribution in [1.29, 1.82) is 0 Å². The molecule has 0 unspecified atom stereocenters. The maximum atomic E-state index is 12.2. The van der Waals surface area contributed by atoms with Crippen LogP contribution in [0.3, 0.4) is 0 Å². The zero-order chi connectivity index (χ0) is 18.4. The van der Waals surface area contributed by atoms with Crippen LogP contribution in [0, 0.1) is 6.92 Å². The first kappa shape index (κ1) is 17.5. The van der Waals surface area contributed by atoms with Gasteiger partial charge in [0.1, 0.15) is 17.8 Å². The average molecular weight is 352 g/mol. The van der Waals surface area contributed by atoms with Crippen LogP contribution in [-0.4, -0.2) is 18.0 Å². The molecule has 3 aromatic rings.